The van der Waals surface area contributed by atoms with Crippen LogP contribution in [0, 0.1) is 0 Å². The molecule has 0 aliphatic carbocycles. The molecule has 0 fully saturated rings. The van der Waals surface area contributed by atoms with Gasteiger partial charge < -0.3 is 20.7 Å². The minimum Gasteiger partial charge on any atom is -0.497 e. The van der Waals surface area contributed by atoms with E-state index >= 15 is 0 Å². The average Bonchev–Trinajstić information content (AvgIpc) is 3.20. The number of carbonyl (C=O) groups is 3. The van der Waals surface area contributed by atoms with Gasteiger partial charge in [0.15, 0.2) is 4.34 Å². The predicted molar refractivity (Wildman–Crippen MR) is 128 cm³/mol. The van der Waals surface area contributed by atoms with E-state index in [4.69, 9.17) is 4.74 Å². The van der Waals surface area contributed by atoms with Crippen molar-refractivity contribution in [3.63, 3.8) is 0 Å². The first-order chi connectivity index (χ1) is 15.4. The maximum absolute atomic E-state index is 12.3. The lowest BCUT2D eigenvalue weighted by Gasteiger charge is -2.06. The Morgan fingerprint density at radius 2 is 1.66 bits per heavy atom. The Balaban J connectivity index is 1.45. The van der Waals surface area contributed by atoms with Crippen LogP contribution in [0.3, 0.4) is 0 Å². The molecule has 0 saturated heterocycles. The highest BCUT2D eigenvalue weighted by atomic mass is 32.2. The maximum Gasteiger partial charge on any atom is 0.234 e. The number of anilines is 3. The van der Waals surface area contributed by atoms with Gasteiger partial charge in [0.1, 0.15) is 5.75 Å². The van der Waals surface area contributed by atoms with Crippen molar-refractivity contribution in [2.75, 3.05) is 28.8 Å². The number of hydrogen-bond acceptors (Lipinski definition) is 7. The molecule has 3 aromatic rings. The van der Waals surface area contributed by atoms with E-state index < -0.39 is 0 Å². The first-order valence-corrected chi connectivity index (χ1v) is 11.5. The maximum atomic E-state index is 12.3. The van der Waals surface area contributed by atoms with E-state index in [9.17, 15) is 14.4 Å². The van der Waals surface area contributed by atoms with Gasteiger partial charge in [-0.25, -0.2) is 4.98 Å². The smallest absolute Gasteiger partial charge is 0.234 e. The van der Waals surface area contributed by atoms with E-state index in [-0.39, 0.29) is 29.9 Å². The summed E-state index contributed by atoms with van der Waals surface area (Å²) in [6.07, 6.45) is 0.126. The first-order valence-electron chi connectivity index (χ1n) is 9.60. The van der Waals surface area contributed by atoms with Gasteiger partial charge in [0, 0.05) is 35.4 Å². The number of thiazole rings is 1. The van der Waals surface area contributed by atoms with E-state index in [1.807, 2.05) is 5.38 Å². The molecule has 166 valence electrons. The fourth-order valence-electron chi connectivity index (χ4n) is 2.67. The molecule has 0 aliphatic rings. The number of thioether (sulfide) groups is 1. The minimum atomic E-state index is -0.199. The summed E-state index contributed by atoms with van der Waals surface area (Å²) in [6, 6.07) is 14.0. The van der Waals surface area contributed by atoms with Crippen LogP contribution >= 0.6 is 23.1 Å². The molecule has 1 aromatic heterocycles. The molecule has 3 amide bonds. The summed E-state index contributed by atoms with van der Waals surface area (Å²) in [5, 5.41) is 10.1. The minimum absolute atomic E-state index is 0.126. The summed E-state index contributed by atoms with van der Waals surface area (Å²) in [7, 11) is 1.57. The molecule has 2 aromatic carbocycles. The molecule has 8 nitrogen and oxygen atoms in total. The molecule has 0 bridgehead atoms. The van der Waals surface area contributed by atoms with E-state index in [0.717, 1.165) is 0 Å². The van der Waals surface area contributed by atoms with Crippen molar-refractivity contribution < 1.29 is 19.1 Å². The van der Waals surface area contributed by atoms with Crippen LogP contribution in [-0.4, -0.2) is 35.6 Å². The predicted octanol–water partition coefficient (Wildman–Crippen LogP) is 4.02. The SMILES string of the molecule is COc1cccc(NC(=O)CSc2nc(CC(=O)Nc3ccc(NC(C)=O)cc3)cs2)c1. The second-order valence-electron chi connectivity index (χ2n) is 6.66. The third kappa shape index (κ3) is 7.40. The van der Waals surface area contributed by atoms with E-state index in [2.05, 4.69) is 20.9 Å². The third-order valence-electron chi connectivity index (χ3n) is 4.04. The Morgan fingerprint density at radius 3 is 2.34 bits per heavy atom. The van der Waals surface area contributed by atoms with Crippen molar-refractivity contribution in [1.29, 1.82) is 0 Å². The van der Waals surface area contributed by atoms with Gasteiger partial charge in [-0.05, 0) is 36.4 Å². The van der Waals surface area contributed by atoms with Crippen molar-refractivity contribution in [2.45, 2.75) is 17.7 Å². The second kappa shape index (κ2) is 11.3. The van der Waals surface area contributed by atoms with Crippen molar-refractivity contribution in [1.82, 2.24) is 4.98 Å². The number of benzene rings is 2. The zero-order valence-corrected chi connectivity index (χ0v) is 19.1. The number of nitrogens with one attached hydrogen (secondary N) is 3. The Kier molecular flexibility index (Phi) is 8.23. The topological polar surface area (TPSA) is 109 Å². The molecule has 10 heteroatoms. The molecule has 32 heavy (non-hydrogen) atoms. The molecule has 0 spiro atoms. The Morgan fingerprint density at radius 1 is 0.969 bits per heavy atom. The third-order valence-corrected chi connectivity index (χ3v) is 6.11. The van der Waals surface area contributed by atoms with Crippen LogP contribution in [0.2, 0.25) is 0 Å². The van der Waals surface area contributed by atoms with Crippen LogP contribution in [0.25, 0.3) is 0 Å². The summed E-state index contributed by atoms with van der Waals surface area (Å²) < 4.78 is 5.86. The largest absolute Gasteiger partial charge is 0.497 e. The van der Waals surface area contributed by atoms with Gasteiger partial charge in [-0.1, -0.05) is 17.8 Å². The molecule has 0 atom stereocenters. The van der Waals surface area contributed by atoms with Crippen molar-refractivity contribution in [2.24, 2.45) is 0 Å². The molecule has 1 heterocycles. The van der Waals surface area contributed by atoms with Crippen LogP contribution in [0.5, 0.6) is 5.75 Å². The fourth-order valence-corrected chi connectivity index (χ4v) is 4.32. The normalized spacial score (nSPS) is 10.3. The van der Waals surface area contributed by atoms with Crippen LogP contribution in [0.1, 0.15) is 12.6 Å². The number of carbonyl (C=O) groups excluding carboxylic acids is 3. The first kappa shape index (κ1) is 23.3. The Hall–Kier alpha value is -3.37. The quantitative estimate of drug-likeness (QED) is 0.408. The summed E-state index contributed by atoms with van der Waals surface area (Å²) >= 11 is 2.71. The number of aromatic nitrogens is 1. The summed E-state index contributed by atoms with van der Waals surface area (Å²) in [5.74, 6) is 0.367. The molecule has 0 radical (unpaired) electrons. The van der Waals surface area contributed by atoms with Gasteiger partial charge >= 0.3 is 0 Å². The molecule has 3 N–H and O–H groups in total. The molecular weight excluding hydrogens is 448 g/mol. The van der Waals surface area contributed by atoms with Crippen LogP contribution in [-0.2, 0) is 20.8 Å². The second-order valence-corrected chi connectivity index (χ2v) is 8.74. The standard InChI is InChI=1S/C22H22N4O4S2/c1-14(27)23-15-6-8-16(9-7-15)24-20(28)11-18-12-31-22(26-18)32-13-21(29)25-17-4-3-5-19(10-17)30-2/h3-10,12H,11,13H2,1-2H3,(H,23,27)(H,24,28)(H,25,29). The van der Waals surface area contributed by atoms with E-state index in [0.29, 0.717) is 32.8 Å². The number of amides is 3. The molecule has 0 aliphatic heterocycles. The van der Waals surface area contributed by atoms with Gasteiger partial charge in [0.25, 0.3) is 0 Å². The van der Waals surface area contributed by atoms with Crippen molar-refractivity contribution in [3.05, 3.63) is 59.6 Å². The van der Waals surface area contributed by atoms with Gasteiger partial charge in [-0.2, -0.15) is 0 Å². The average molecular weight is 471 g/mol. The number of nitrogens with zero attached hydrogens (tertiary/aromatic N) is 1. The zero-order valence-electron chi connectivity index (χ0n) is 17.5. The number of methoxy groups -OCH3 is 1. The number of rotatable bonds is 9. The van der Waals surface area contributed by atoms with Crippen LogP contribution in [0.4, 0.5) is 17.1 Å². The van der Waals surface area contributed by atoms with E-state index in [1.54, 1.807) is 55.6 Å². The molecular formula is C22H22N4O4S2. The van der Waals surface area contributed by atoms with Gasteiger partial charge in [-0.3, -0.25) is 14.4 Å². The molecule has 3 rings (SSSR count). The van der Waals surface area contributed by atoms with Crippen LogP contribution < -0.4 is 20.7 Å². The highest BCUT2D eigenvalue weighted by Gasteiger charge is 2.11. The number of ether oxygens (including phenoxy) is 1. The lowest BCUT2D eigenvalue weighted by atomic mass is 10.2. The van der Waals surface area contributed by atoms with Crippen molar-refractivity contribution in [3.8, 4) is 5.75 Å². The van der Waals surface area contributed by atoms with Gasteiger partial charge in [0.05, 0.1) is 25.0 Å². The molecule has 0 unspecified atom stereocenters. The highest BCUT2D eigenvalue weighted by Crippen LogP contribution is 2.24. The summed E-state index contributed by atoms with van der Waals surface area (Å²) in [5.41, 5.74) is 2.59. The van der Waals surface area contributed by atoms with Crippen LogP contribution in [0.15, 0.2) is 58.3 Å². The monoisotopic (exact) mass is 470 g/mol. The van der Waals surface area contributed by atoms with Crippen molar-refractivity contribution >= 4 is 57.9 Å². The highest BCUT2D eigenvalue weighted by molar-refractivity contribution is 8.01. The number of hydrogen-bond donors (Lipinski definition) is 3. The molecule has 0 saturated carbocycles. The zero-order chi connectivity index (χ0) is 22.9. The Labute approximate surface area is 193 Å². The lowest BCUT2D eigenvalue weighted by Crippen LogP contribution is -2.15. The Bertz CT molecular complexity index is 1100. The summed E-state index contributed by atoms with van der Waals surface area (Å²) in [4.78, 5) is 39.9. The summed E-state index contributed by atoms with van der Waals surface area (Å²) in [6.45, 7) is 1.43. The van der Waals surface area contributed by atoms with Gasteiger partial charge in [0.2, 0.25) is 17.7 Å². The van der Waals surface area contributed by atoms with E-state index in [1.165, 1.54) is 30.0 Å². The van der Waals surface area contributed by atoms with Gasteiger partial charge in [-0.15, -0.1) is 11.3 Å². The fraction of sp³-hybridized carbons (Fsp3) is 0.182. The lowest BCUT2D eigenvalue weighted by molar-refractivity contribution is -0.116.